The number of esters is 1. The van der Waals surface area contributed by atoms with Crippen LogP contribution in [0.4, 0.5) is 19.8 Å². The Kier molecular flexibility index (Phi) is 12.9. The summed E-state index contributed by atoms with van der Waals surface area (Å²) >= 11 is 6.32. The molecule has 3 heterocycles. The minimum atomic E-state index is -2.16. The van der Waals surface area contributed by atoms with Crippen LogP contribution in [0.1, 0.15) is 84.5 Å². The number of Topliss-reactive ketones (excluding diaryl/α,β-unsaturated/α-hetero) is 1. The molecule has 55 heavy (non-hydrogen) atoms. The van der Waals surface area contributed by atoms with Gasteiger partial charge in [-0.05, 0) is 84.7 Å². The summed E-state index contributed by atoms with van der Waals surface area (Å²) in [5.74, 6) is -3.16. The van der Waals surface area contributed by atoms with Gasteiger partial charge in [0.2, 0.25) is 10.9 Å². The Bertz CT molecular complexity index is 1910. The van der Waals surface area contributed by atoms with E-state index in [1.54, 1.807) is 93.8 Å². The van der Waals surface area contributed by atoms with E-state index < -0.39 is 77.1 Å². The number of ketones is 1. The maximum absolute atomic E-state index is 16.2. The number of halogens is 2. The van der Waals surface area contributed by atoms with Gasteiger partial charge in [-0.3, -0.25) is 14.2 Å². The zero-order valence-electron chi connectivity index (χ0n) is 32.8. The van der Waals surface area contributed by atoms with E-state index in [1.165, 1.54) is 22.7 Å². The van der Waals surface area contributed by atoms with Gasteiger partial charge in [0.15, 0.2) is 35.2 Å². The fourth-order valence-electron chi connectivity index (χ4n) is 5.72. The van der Waals surface area contributed by atoms with Crippen LogP contribution in [0.3, 0.4) is 0 Å². The highest BCUT2D eigenvalue weighted by Gasteiger charge is 2.50. The second kappa shape index (κ2) is 16.5. The summed E-state index contributed by atoms with van der Waals surface area (Å²) in [6.45, 7) is 13.5. The van der Waals surface area contributed by atoms with E-state index in [2.05, 4.69) is 15.0 Å². The number of imide groups is 1. The molecule has 5 atom stereocenters. The number of amides is 3. The zero-order valence-corrected chi connectivity index (χ0v) is 33.6. The van der Waals surface area contributed by atoms with Crippen LogP contribution in [0, 0.1) is 5.92 Å². The normalized spacial score (nSPS) is 19.7. The van der Waals surface area contributed by atoms with Crippen LogP contribution >= 0.6 is 11.6 Å². The van der Waals surface area contributed by atoms with Crippen LogP contribution in [0.25, 0.3) is 11.2 Å². The summed E-state index contributed by atoms with van der Waals surface area (Å²) in [7, 11) is 3.20. The van der Waals surface area contributed by atoms with Crippen molar-refractivity contribution < 1.29 is 52.0 Å². The first-order chi connectivity index (χ1) is 25.5. The quantitative estimate of drug-likeness (QED) is 0.0973. The van der Waals surface area contributed by atoms with Crippen LogP contribution in [-0.2, 0) is 39.7 Å². The maximum atomic E-state index is 16.2. The summed E-state index contributed by atoms with van der Waals surface area (Å²) in [4.78, 5) is 80.8. The van der Waals surface area contributed by atoms with E-state index in [0.29, 0.717) is 16.0 Å². The van der Waals surface area contributed by atoms with Gasteiger partial charge in [0, 0.05) is 32.0 Å². The van der Waals surface area contributed by atoms with Gasteiger partial charge in [0.1, 0.15) is 11.2 Å². The van der Waals surface area contributed by atoms with Crippen LogP contribution in [-0.4, -0.2) is 111 Å². The fourth-order valence-corrected chi connectivity index (χ4v) is 5.88. The van der Waals surface area contributed by atoms with Gasteiger partial charge in [-0.1, -0.05) is 19.1 Å². The summed E-state index contributed by atoms with van der Waals surface area (Å²) < 4.78 is 46.0. The van der Waals surface area contributed by atoms with Crippen LogP contribution in [0.5, 0.6) is 0 Å². The van der Waals surface area contributed by atoms with Gasteiger partial charge in [-0.2, -0.15) is 14.9 Å². The van der Waals surface area contributed by atoms with Crippen LogP contribution in [0.2, 0.25) is 5.28 Å². The van der Waals surface area contributed by atoms with Gasteiger partial charge >= 0.3 is 18.2 Å². The van der Waals surface area contributed by atoms with Crippen molar-refractivity contribution in [2.45, 2.75) is 104 Å². The lowest BCUT2D eigenvalue weighted by molar-refractivity contribution is -0.182. The molecular formula is C37H48ClFN6O10. The van der Waals surface area contributed by atoms with Crippen molar-refractivity contribution in [2.24, 2.45) is 5.92 Å². The Balaban J connectivity index is 1.69. The number of anilines is 1. The molecule has 2 aromatic heterocycles. The van der Waals surface area contributed by atoms with E-state index in [4.69, 9.17) is 35.3 Å². The van der Waals surface area contributed by atoms with Crippen molar-refractivity contribution >= 4 is 58.4 Å². The smallest absolute Gasteiger partial charge is 0.425 e. The van der Waals surface area contributed by atoms with Crippen molar-refractivity contribution in [3.05, 3.63) is 47.0 Å². The molecule has 4 rings (SSSR count). The Morgan fingerprint density at radius 3 is 2.16 bits per heavy atom. The number of hydrogen-bond donors (Lipinski definition) is 0. The Morgan fingerprint density at radius 1 is 1.00 bits per heavy atom. The topological polar surface area (TPSA) is 182 Å². The van der Waals surface area contributed by atoms with Crippen molar-refractivity contribution in [2.75, 3.05) is 32.2 Å². The van der Waals surface area contributed by atoms with E-state index in [-0.39, 0.29) is 35.9 Å². The van der Waals surface area contributed by atoms with Crippen molar-refractivity contribution in [1.29, 1.82) is 0 Å². The molecule has 1 saturated heterocycles. The fraction of sp³-hybridized carbons (Fsp3) is 0.568. The molecule has 3 aromatic rings. The van der Waals surface area contributed by atoms with E-state index in [1.807, 2.05) is 0 Å². The molecule has 3 amide bonds. The van der Waals surface area contributed by atoms with Crippen molar-refractivity contribution in [1.82, 2.24) is 24.4 Å². The molecule has 1 unspecified atom stereocenters. The maximum Gasteiger partial charge on any atom is 0.425 e. The minimum Gasteiger partial charge on any atom is -0.463 e. The molecule has 0 bridgehead atoms. The highest BCUT2D eigenvalue weighted by atomic mass is 35.5. The molecule has 18 heteroatoms. The molecule has 0 N–H and O–H groups in total. The lowest BCUT2D eigenvalue weighted by Crippen LogP contribution is -2.52. The molecular weight excluding hydrogens is 743 g/mol. The molecule has 1 aliphatic heterocycles. The summed E-state index contributed by atoms with van der Waals surface area (Å²) in [5, 5.41) is -0.417. The monoisotopic (exact) mass is 790 g/mol. The number of ether oxygens (including phenoxy) is 5. The number of rotatable bonds is 11. The standard InChI is InChI=1S/C37H48ClFN6O10/c1-12-51-31(48)37(21(3)46,17-22-14-13-15-23(16-22)29(47)43(10)11)52-18-24-20(2)25(39)30(53-24)44-19-40-26-27(44)41-32(38)42-28(26)45(33(49)54-35(4,5)6)34(50)55-36(7,8)9/h13-16,19-20,24-25,30H,12,17-18H2,1-11H3/t20-,24-,25+,30-,37?/m1/s1. The predicted molar refractivity (Wildman–Crippen MR) is 197 cm³/mol. The Labute approximate surface area is 323 Å². The number of nitrogens with zero attached hydrogens (tertiary/aromatic N) is 6. The summed E-state index contributed by atoms with van der Waals surface area (Å²) in [5.41, 5.74) is -3.65. The van der Waals surface area contributed by atoms with Crippen LogP contribution < -0.4 is 4.90 Å². The molecule has 0 saturated carbocycles. The number of alkyl halides is 1. The largest absolute Gasteiger partial charge is 0.463 e. The van der Waals surface area contributed by atoms with Crippen molar-refractivity contribution in [3.8, 4) is 0 Å². The summed E-state index contributed by atoms with van der Waals surface area (Å²) in [6, 6.07) is 6.44. The third kappa shape index (κ3) is 9.74. The number of imidazole rings is 1. The second-order valence-corrected chi connectivity index (χ2v) is 15.6. The molecule has 0 spiro atoms. The molecule has 1 aliphatic rings. The highest BCUT2D eigenvalue weighted by molar-refractivity contribution is 6.29. The first-order valence-corrected chi connectivity index (χ1v) is 18.0. The number of hydrogen-bond acceptors (Lipinski definition) is 13. The van der Waals surface area contributed by atoms with Gasteiger partial charge in [-0.15, -0.1) is 0 Å². The third-order valence-electron chi connectivity index (χ3n) is 8.39. The van der Waals surface area contributed by atoms with Gasteiger partial charge < -0.3 is 28.6 Å². The van der Waals surface area contributed by atoms with Gasteiger partial charge in [0.25, 0.3) is 5.91 Å². The lowest BCUT2D eigenvalue weighted by atomic mass is 9.89. The van der Waals surface area contributed by atoms with Crippen LogP contribution in [0.15, 0.2) is 30.6 Å². The van der Waals surface area contributed by atoms with Gasteiger partial charge in [-0.25, -0.2) is 23.8 Å². The molecule has 0 radical (unpaired) electrons. The average Bonchev–Trinajstić information content (AvgIpc) is 3.60. The van der Waals surface area contributed by atoms with Crippen molar-refractivity contribution in [3.63, 3.8) is 0 Å². The SMILES string of the molecule is CCOC(=O)C(Cc1cccc(C(=O)N(C)C)c1)(OC[C@H]1O[C@@H](n2cnc3c(N(C(=O)OC(C)(C)C)C(=O)OC(C)(C)C)nc(Cl)nc32)[C@@H](F)[C@@H]1C)C(C)=O. The van der Waals surface area contributed by atoms with E-state index >= 15 is 4.39 Å². The lowest BCUT2D eigenvalue weighted by Gasteiger charge is -2.31. The second-order valence-electron chi connectivity index (χ2n) is 15.3. The number of benzene rings is 1. The molecule has 1 fully saturated rings. The summed E-state index contributed by atoms with van der Waals surface area (Å²) in [6.07, 6.45) is -5.50. The average molecular weight is 791 g/mol. The number of carbonyl (C=O) groups excluding carboxylic acids is 5. The first kappa shape index (κ1) is 43.0. The number of carbonyl (C=O) groups is 5. The third-order valence-corrected chi connectivity index (χ3v) is 8.56. The minimum absolute atomic E-state index is 0.0548. The molecule has 300 valence electrons. The Morgan fingerprint density at radius 2 is 1.62 bits per heavy atom. The first-order valence-electron chi connectivity index (χ1n) is 17.6. The van der Waals surface area contributed by atoms with Gasteiger partial charge in [0.05, 0.1) is 25.6 Å². The molecule has 16 nitrogen and oxygen atoms in total. The molecule has 0 aliphatic carbocycles. The Hall–Kier alpha value is -4.74. The zero-order chi connectivity index (χ0) is 41.2. The number of aromatic nitrogens is 4. The van der Waals surface area contributed by atoms with E-state index in [0.717, 1.165) is 0 Å². The highest BCUT2D eigenvalue weighted by Crippen LogP contribution is 2.40. The predicted octanol–water partition coefficient (Wildman–Crippen LogP) is 5.88. The molecule has 1 aromatic carbocycles. The van der Waals surface area contributed by atoms with E-state index in [9.17, 15) is 24.0 Å². The number of fused-ring (bicyclic) bond motifs is 1.